The van der Waals surface area contributed by atoms with Gasteiger partial charge in [-0.05, 0) is 37.1 Å². The molecule has 0 bridgehead atoms. The lowest BCUT2D eigenvalue weighted by molar-refractivity contribution is -0.122. The molecule has 166 valence electrons. The van der Waals surface area contributed by atoms with Crippen molar-refractivity contribution in [3.63, 3.8) is 0 Å². The highest BCUT2D eigenvalue weighted by Gasteiger charge is 2.26. The van der Waals surface area contributed by atoms with Crippen molar-refractivity contribution in [1.29, 1.82) is 0 Å². The van der Waals surface area contributed by atoms with Crippen LogP contribution in [0, 0.1) is 0 Å². The average Bonchev–Trinajstić information content (AvgIpc) is 2.76. The van der Waals surface area contributed by atoms with Gasteiger partial charge in [-0.25, -0.2) is 8.42 Å². The van der Waals surface area contributed by atoms with E-state index in [1.54, 1.807) is 0 Å². The smallest absolute Gasteiger partial charge is 0.244 e. The number of para-hydroxylation sites is 1. The van der Waals surface area contributed by atoms with Crippen molar-refractivity contribution in [3.05, 3.63) is 54.9 Å². The van der Waals surface area contributed by atoms with Crippen LogP contribution in [-0.4, -0.2) is 73.7 Å². The summed E-state index contributed by atoms with van der Waals surface area (Å²) < 4.78 is 26.0. The molecule has 0 radical (unpaired) electrons. The third kappa shape index (κ3) is 6.58. The molecule has 10 heteroatoms. The maximum absolute atomic E-state index is 12.5. The number of sulfonamides is 1. The van der Waals surface area contributed by atoms with E-state index in [2.05, 4.69) is 15.6 Å². The molecule has 0 spiro atoms. The minimum atomic E-state index is -3.77. The van der Waals surface area contributed by atoms with Crippen LogP contribution in [-0.2, 0) is 19.6 Å². The molecule has 9 nitrogen and oxygen atoms in total. The number of anilines is 1. The number of hydrogen-bond donors (Lipinski definition) is 2. The van der Waals surface area contributed by atoms with Gasteiger partial charge in [-0.3, -0.25) is 19.5 Å². The average molecular weight is 446 g/mol. The van der Waals surface area contributed by atoms with Crippen LogP contribution >= 0.6 is 0 Å². The number of pyridine rings is 1. The first kappa shape index (κ1) is 22.9. The predicted molar refractivity (Wildman–Crippen MR) is 117 cm³/mol. The van der Waals surface area contributed by atoms with E-state index in [-0.39, 0.29) is 29.3 Å². The van der Waals surface area contributed by atoms with Gasteiger partial charge in [0.1, 0.15) is 4.90 Å². The van der Waals surface area contributed by atoms with E-state index in [9.17, 15) is 18.0 Å². The first-order valence-corrected chi connectivity index (χ1v) is 11.5. The van der Waals surface area contributed by atoms with Gasteiger partial charge in [0, 0.05) is 44.3 Å². The van der Waals surface area contributed by atoms with Gasteiger partial charge in [0.25, 0.3) is 0 Å². The summed E-state index contributed by atoms with van der Waals surface area (Å²) >= 11 is 0. The lowest BCUT2D eigenvalue weighted by Gasteiger charge is -2.32. The highest BCUT2D eigenvalue weighted by Crippen LogP contribution is 2.13. The fourth-order valence-electron chi connectivity index (χ4n) is 3.40. The molecule has 2 amide bonds. The van der Waals surface area contributed by atoms with E-state index in [4.69, 9.17) is 0 Å². The highest BCUT2D eigenvalue weighted by molar-refractivity contribution is 7.89. The van der Waals surface area contributed by atoms with Crippen LogP contribution in [0.25, 0.3) is 0 Å². The monoisotopic (exact) mass is 445 g/mol. The Morgan fingerprint density at radius 2 is 1.81 bits per heavy atom. The highest BCUT2D eigenvalue weighted by atomic mass is 32.2. The van der Waals surface area contributed by atoms with Gasteiger partial charge >= 0.3 is 0 Å². The number of rotatable bonds is 8. The number of piperidine rings is 1. The molecule has 1 aromatic heterocycles. The summed E-state index contributed by atoms with van der Waals surface area (Å²) in [6.07, 6.45) is 4.14. The minimum Gasteiger partial charge on any atom is -0.352 e. The van der Waals surface area contributed by atoms with Crippen molar-refractivity contribution in [3.8, 4) is 0 Å². The van der Waals surface area contributed by atoms with Crippen molar-refractivity contribution in [1.82, 2.24) is 19.5 Å². The Kier molecular flexibility index (Phi) is 7.72. The van der Waals surface area contributed by atoms with E-state index >= 15 is 0 Å². The van der Waals surface area contributed by atoms with Gasteiger partial charge in [0.2, 0.25) is 21.8 Å². The molecule has 0 unspecified atom stereocenters. The number of benzene rings is 1. The number of carbonyl (C=O) groups is 2. The molecule has 31 heavy (non-hydrogen) atoms. The molecule has 1 aromatic carbocycles. The molecule has 2 N–H and O–H groups in total. The van der Waals surface area contributed by atoms with Crippen LogP contribution in [0.15, 0.2) is 59.8 Å². The number of likely N-dealkylation sites (N-methyl/N-ethyl adjacent to an activating group) is 1. The fourth-order valence-corrected chi connectivity index (χ4v) is 4.49. The lowest BCUT2D eigenvalue weighted by Crippen LogP contribution is -2.48. The molecule has 1 aliphatic rings. The number of nitrogens with zero attached hydrogens (tertiary/aromatic N) is 3. The molecule has 1 fully saturated rings. The molecule has 0 atom stereocenters. The minimum absolute atomic E-state index is 0.0459. The molecular formula is C21H27N5O4S. The Labute approximate surface area is 182 Å². The molecule has 2 aromatic rings. The lowest BCUT2D eigenvalue weighted by atomic mass is 10.0. The number of hydrogen-bond acceptors (Lipinski definition) is 6. The zero-order valence-electron chi connectivity index (χ0n) is 17.4. The Bertz CT molecular complexity index is 977. The summed E-state index contributed by atoms with van der Waals surface area (Å²) in [7, 11) is -2.39. The standard InChI is InChI=1S/C21H27N5O4S/c1-25(31(29,30)19-8-5-11-22-14-19)15-20(27)24-18-9-12-26(13-10-18)16-21(28)23-17-6-3-2-4-7-17/h2-8,11,14,18H,9-10,12-13,15-16H2,1H3,(H,23,28)(H,24,27). The van der Waals surface area contributed by atoms with Crippen LogP contribution < -0.4 is 10.6 Å². The summed E-state index contributed by atoms with van der Waals surface area (Å²) in [5, 5.41) is 5.76. The van der Waals surface area contributed by atoms with E-state index in [1.165, 1.54) is 31.6 Å². The number of likely N-dealkylation sites (tertiary alicyclic amines) is 1. The van der Waals surface area contributed by atoms with Crippen molar-refractivity contribution < 1.29 is 18.0 Å². The largest absolute Gasteiger partial charge is 0.352 e. The molecule has 1 aliphatic heterocycles. The Balaban J connectivity index is 1.41. The zero-order valence-corrected chi connectivity index (χ0v) is 18.2. The summed E-state index contributed by atoms with van der Waals surface area (Å²) in [5.41, 5.74) is 0.764. The predicted octanol–water partition coefficient (Wildman–Crippen LogP) is 0.921. The summed E-state index contributed by atoms with van der Waals surface area (Å²) in [5.74, 6) is -0.425. The van der Waals surface area contributed by atoms with Crippen molar-refractivity contribution in [2.75, 3.05) is 38.5 Å². The van der Waals surface area contributed by atoms with Crippen molar-refractivity contribution in [2.45, 2.75) is 23.8 Å². The topological polar surface area (TPSA) is 112 Å². The van der Waals surface area contributed by atoms with Gasteiger partial charge in [-0.15, -0.1) is 0 Å². The third-order valence-corrected chi connectivity index (χ3v) is 6.87. The molecular weight excluding hydrogens is 418 g/mol. The summed E-state index contributed by atoms with van der Waals surface area (Å²) in [6, 6.07) is 12.2. The Morgan fingerprint density at radius 1 is 1.10 bits per heavy atom. The van der Waals surface area contributed by atoms with Gasteiger partial charge < -0.3 is 10.6 Å². The molecule has 0 saturated carbocycles. The normalized spacial score (nSPS) is 15.5. The first-order chi connectivity index (χ1) is 14.8. The summed E-state index contributed by atoms with van der Waals surface area (Å²) in [4.78, 5) is 30.4. The second-order valence-electron chi connectivity index (χ2n) is 7.48. The van der Waals surface area contributed by atoms with Crippen LogP contribution in [0.1, 0.15) is 12.8 Å². The van der Waals surface area contributed by atoms with E-state index in [0.717, 1.165) is 9.99 Å². The Morgan fingerprint density at radius 3 is 2.45 bits per heavy atom. The fraction of sp³-hybridized carbons (Fsp3) is 0.381. The van der Waals surface area contributed by atoms with Crippen molar-refractivity contribution in [2.24, 2.45) is 0 Å². The third-order valence-electron chi connectivity index (χ3n) is 5.09. The van der Waals surface area contributed by atoms with Gasteiger partial charge in [-0.1, -0.05) is 18.2 Å². The van der Waals surface area contributed by atoms with Crippen LogP contribution in [0.5, 0.6) is 0 Å². The zero-order chi connectivity index (χ0) is 22.3. The van der Waals surface area contributed by atoms with E-state index in [0.29, 0.717) is 32.5 Å². The maximum Gasteiger partial charge on any atom is 0.244 e. The second kappa shape index (κ2) is 10.5. The second-order valence-corrected chi connectivity index (χ2v) is 9.53. The van der Waals surface area contributed by atoms with Gasteiger partial charge in [0.15, 0.2) is 0 Å². The van der Waals surface area contributed by atoms with Gasteiger partial charge in [-0.2, -0.15) is 4.31 Å². The van der Waals surface area contributed by atoms with E-state index < -0.39 is 10.0 Å². The Hall–Kier alpha value is -2.82. The molecule has 1 saturated heterocycles. The quantitative estimate of drug-likeness (QED) is 0.625. The SMILES string of the molecule is CN(CC(=O)NC1CCN(CC(=O)Nc2ccccc2)CC1)S(=O)(=O)c1cccnc1. The number of nitrogens with one attached hydrogen (secondary N) is 2. The molecule has 0 aliphatic carbocycles. The first-order valence-electron chi connectivity index (χ1n) is 10.1. The van der Waals surface area contributed by atoms with Crippen LogP contribution in [0.2, 0.25) is 0 Å². The maximum atomic E-state index is 12.5. The van der Waals surface area contributed by atoms with Crippen LogP contribution in [0.3, 0.4) is 0 Å². The number of aromatic nitrogens is 1. The van der Waals surface area contributed by atoms with Gasteiger partial charge in [0.05, 0.1) is 13.1 Å². The summed E-state index contributed by atoms with van der Waals surface area (Å²) in [6.45, 7) is 1.38. The molecule has 2 heterocycles. The van der Waals surface area contributed by atoms with E-state index in [1.807, 2.05) is 35.2 Å². The molecule has 3 rings (SSSR count). The van der Waals surface area contributed by atoms with Crippen LogP contribution in [0.4, 0.5) is 5.69 Å². The number of amides is 2. The van der Waals surface area contributed by atoms with Crippen molar-refractivity contribution >= 4 is 27.5 Å². The number of carbonyl (C=O) groups excluding carboxylic acids is 2.